The molecule has 0 radical (unpaired) electrons. The van der Waals surface area contributed by atoms with Crippen LogP contribution in [0.15, 0.2) is 0 Å². The van der Waals surface area contributed by atoms with Gasteiger partial charge in [-0.15, -0.1) is 0 Å². The van der Waals surface area contributed by atoms with Crippen LogP contribution < -0.4 is 0 Å². The minimum Gasteiger partial charge on any atom is -0.274 e. The van der Waals surface area contributed by atoms with Gasteiger partial charge in [0, 0.05) is 12.8 Å². The molecule has 0 atom stereocenters. The van der Waals surface area contributed by atoms with Crippen LogP contribution in [-0.2, 0) is 20.0 Å². The molecule has 0 unspecified atom stereocenters. The van der Waals surface area contributed by atoms with Gasteiger partial charge in [0.05, 0.1) is 16.1 Å². The highest BCUT2D eigenvalue weighted by atomic mass is 79.9. The van der Waals surface area contributed by atoms with Gasteiger partial charge < -0.3 is 0 Å². The Balaban J connectivity index is 0.000000252. The predicted molar refractivity (Wildman–Crippen MR) is 44.2 cm³/mol. The molecular formula is C4H6BrNO6S. The van der Waals surface area contributed by atoms with Gasteiger partial charge in [0.25, 0.3) is 0 Å². The molecule has 1 fully saturated rings. The van der Waals surface area contributed by atoms with E-state index in [1.165, 1.54) is 0 Å². The third-order valence-corrected chi connectivity index (χ3v) is 1.78. The highest BCUT2D eigenvalue weighted by Gasteiger charge is 2.26. The zero-order valence-corrected chi connectivity index (χ0v) is 8.58. The Morgan fingerprint density at radius 3 is 1.46 bits per heavy atom. The first kappa shape index (κ1) is 12.5. The van der Waals surface area contributed by atoms with Crippen LogP contribution in [0.5, 0.6) is 0 Å². The van der Waals surface area contributed by atoms with Gasteiger partial charge in [0.15, 0.2) is 0 Å². The van der Waals surface area contributed by atoms with E-state index in [1.807, 2.05) is 0 Å². The molecule has 0 aliphatic carbocycles. The highest BCUT2D eigenvalue weighted by molar-refractivity contribution is 9.08. The summed E-state index contributed by atoms with van der Waals surface area (Å²) >= 11 is 2.80. The SMILES string of the molecule is O=C1CCC(=O)N1Br.O=S(=O)(O)O. The van der Waals surface area contributed by atoms with E-state index < -0.39 is 10.4 Å². The van der Waals surface area contributed by atoms with E-state index in [-0.39, 0.29) is 11.8 Å². The Kier molecular flexibility index (Phi) is 4.47. The predicted octanol–water partition coefficient (Wildman–Crippen LogP) is -0.207. The number of nitrogens with zero attached hydrogens (tertiary/aromatic N) is 1. The zero-order valence-electron chi connectivity index (χ0n) is 6.18. The van der Waals surface area contributed by atoms with Crippen LogP contribution in [0.4, 0.5) is 0 Å². The highest BCUT2D eigenvalue weighted by Crippen LogP contribution is 2.14. The lowest BCUT2D eigenvalue weighted by Gasteiger charge is -1.97. The first-order valence-electron chi connectivity index (χ1n) is 2.93. The number of hydrogen-bond acceptors (Lipinski definition) is 4. The van der Waals surface area contributed by atoms with Crippen LogP contribution in [0.1, 0.15) is 12.8 Å². The third-order valence-electron chi connectivity index (χ3n) is 0.991. The van der Waals surface area contributed by atoms with Crippen molar-refractivity contribution in [3.05, 3.63) is 0 Å². The summed E-state index contributed by atoms with van der Waals surface area (Å²) in [5.74, 6) is -0.287. The summed E-state index contributed by atoms with van der Waals surface area (Å²) in [5, 5.41) is 0. The van der Waals surface area contributed by atoms with Gasteiger partial charge >= 0.3 is 10.4 Å². The molecule has 0 aromatic rings. The Hall–Kier alpha value is -0.510. The fraction of sp³-hybridized carbons (Fsp3) is 0.500. The molecule has 0 saturated carbocycles. The lowest BCUT2D eigenvalue weighted by molar-refractivity contribution is -0.131. The molecule has 1 aliphatic heterocycles. The molecular weight excluding hydrogens is 270 g/mol. The number of imide groups is 1. The maximum absolute atomic E-state index is 10.4. The van der Waals surface area contributed by atoms with Crippen LogP contribution in [0.3, 0.4) is 0 Å². The second kappa shape index (κ2) is 4.65. The number of hydrogen-bond donors (Lipinski definition) is 2. The van der Waals surface area contributed by atoms with E-state index in [1.54, 1.807) is 0 Å². The summed E-state index contributed by atoms with van der Waals surface area (Å²) < 4.78 is 32.6. The molecule has 1 heterocycles. The number of carbonyl (C=O) groups excluding carboxylic acids is 2. The van der Waals surface area contributed by atoms with Crippen molar-refractivity contribution in [2.75, 3.05) is 0 Å². The van der Waals surface area contributed by atoms with Crippen molar-refractivity contribution in [2.24, 2.45) is 0 Å². The molecule has 1 saturated heterocycles. The molecule has 1 aliphatic rings. The number of halogens is 1. The van der Waals surface area contributed by atoms with Crippen LogP contribution in [-0.4, -0.2) is 33.3 Å². The lowest BCUT2D eigenvalue weighted by atomic mass is 10.4. The summed E-state index contributed by atoms with van der Waals surface area (Å²) in [6, 6.07) is 0. The minimum absolute atomic E-state index is 0.144. The van der Waals surface area contributed by atoms with E-state index >= 15 is 0 Å². The zero-order chi connectivity index (χ0) is 10.6. The van der Waals surface area contributed by atoms with E-state index in [0.717, 1.165) is 3.93 Å². The van der Waals surface area contributed by atoms with Crippen molar-refractivity contribution >= 4 is 38.4 Å². The van der Waals surface area contributed by atoms with Crippen LogP contribution >= 0.6 is 16.1 Å². The van der Waals surface area contributed by atoms with Gasteiger partial charge in [-0.3, -0.25) is 18.7 Å². The maximum Gasteiger partial charge on any atom is 0.394 e. The average molecular weight is 276 g/mol. The molecule has 0 aromatic carbocycles. The summed E-state index contributed by atoms with van der Waals surface area (Å²) in [4.78, 5) is 20.9. The summed E-state index contributed by atoms with van der Waals surface area (Å²) in [5.41, 5.74) is 0. The first-order valence-corrected chi connectivity index (χ1v) is 5.04. The summed E-state index contributed by atoms with van der Waals surface area (Å²) in [6.45, 7) is 0. The van der Waals surface area contributed by atoms with Crippen molar-refractivity contribution in [3.8, 4) is 0 Å². The second-order valence-electron chi connectivity index (χ2n) is 2.02. The van der Waals surface area contributed by atoms with Crippen molar-refractivity contribution in [3.63, 3.8) is 0 Å². The van der Waals surface area contributed by atoms with Gasteiger partial charge in [0.2, 0.25) is 11.8 Å². The normalized spacial score (nSPS) is 17.0. The Morgan fingerprint density at radius 1 is 1.15 bits per heavy atom. The third kappa shape index (κ3) is 6.63. The Labute approximate surface area is 82.6 Å². The fourth-order valence-corrected chi connectivity index (χ4v) is 0.904. The fourth-order valence-electron chi connectivity index (χ4n) is 0.549. The average Bonchev–Trinajstić information content (AvgIpc) is 2.16. The number of rotatable bonds is 0. The molecule has 0 spiro atoms. The van der Waals surface area contributed by atoms with Gasteiger partial charge in [-0.1, -0.05) is 0 Å². The van der Waals surface area contributed by atoms with Crippen LogP contribution in [0, 0.1) is 0 Å². The smallest absolute Gasteiger partial charge is 0.274 e. The van der Waals surface area contributed by atoms with Crippen molar-refractivity contribution < 1.29 is 27.1 Å². The Bertz CT molecular complexity index is 287. The largest absolute Gasteiger partial charge is 0.394 e. The molecule has 0 aromatic heterocycles. The topological polar surface area (TPSA) is 112 Å². The van der Waals surface area contributed by atoms with Crippen molar-refractivity contribution in [1.82, 2.24) is 3.93 Å². The van der Waals surface area contributed by atoms with Gasteiger partial charge in [0.1, 0.15) is 0 Å². The van der Waals surface area contributed by atoms with Gasteiger partial charge in [-0.25, -0.2) is 3.93 Å². The maximum atomic E-state index is 10.4. The molecule has 0 bridgehead atoms. The first-order chi connectivity index (χ1) is 5.72. The van der Waals surface area contributed by atoms with Crippen LogP contribution in [0.25, 0.3) is 0 Å². The number of carbonyl (C=O) groups is 2. The van der Waals surface area contributed by atoms with Gasteiger partial charge in [-0.2, -0.15) is 8.42 Å². The molecule has 7 nitrogen and oxygen atoms in total. The second-order valence-corrected chi connectivity index (χ2v) is 3.62. The van der Waals surface area contributed by atoms with Crippen molar-refractivity contribution in [1.29, 1.82) is 0 Å². The standard InChI is InChI=1S/C4H4BrNO2.H2O4S/c5-6-3(7)1-2-4(6)8;1-5(2,3)4/h1-2H2;(H2,1,2,3,4). The molecule has 2 N–H and O–H groups in total. The molecule has 76 valence electrons. The van der Waals surface area contributed by atoms with Gasteiger partial charge in [-0.05, 0) is 0 Å². The molecule has 9 heteroatoms. The summed E-state index contributed by atoms with van der Waals surface area (Å²) in [7, 11) is -4.67. The van der Waals surface area contributed by atoms with E-state index in [9.17, 15) is 9.59 Å². The number of amides is 2. The van der Waals surface area contributed by atoms with Crippen LogP contribution in [0.2, 0.25) is 0 Å². The lowest BCUT2D eigenvalue weighted by Crippen LogP contribution is -2.16. The minimum atomic E-state index is -4.67. The van der Waals surface area contributed by atoms with Crippen molar-refractivity contribution in [2.45, 2.75) is 12.8 Å². The Morgan fingerprint density at radius 2 is 1.38 bits per heavy atom. The molecule has 1 rings (SSSR count). The van der Waals surface area contributed by atoms with E-state index in [4.69, 9.17) is 17.5 Å². The van der Waals surface area contributed by atoms with E-state index in [0.29, 0.717) is 12.8 Å². The quantitative estimate of drug-likeness (QED) is 0.360. The molecule has 2 amide bonds. The monoisotopic (exact) mass is 275 g/mol. The summed E-state index contributed by atoms with van der Waals surface area (Å²) in [6.07, 6.45) is 0.703. The van der Waals surface area contributed by atoms with E-state index in [2.05, 4.69) is 16.1 Å². The molecule has 13 heavy (non-hydrogen) atoms.